The number of nitrogens with one attached hydrogen (secondary N) is 1. The Bertz CT molecular complexity index is 513. The van der Waals surface area contributed by atoms with Gasteiger partial charge in [0.25, 0.3) is 5.89 Å². The number of aromatic nitrogens is 2. The van der Waals surface area contributed by atoms with Gasteiger partial charge < -0.3 is 9.84 Å². The van der Waals surface area contributed by atoms with Gasteiger partial charge in [-0.05, 0) is 24.7 Å². The van der Waals surface area contributed by atoms with Gasteiger partial charge in [-0.15, -0.1) is 0 Å². The maximum absolute atomic E-state index is 13.0. The molecule has 0 radical (unpaired) electrons. The SMILES string of the molecule is CCNCc1noc(-c2ccc(F)c(F)c2)n1. The molecule has 2 rings (SSSR count). The molecule has 17 heavy (non-hydrogen) atoms. The summed E-state index contributed by atoms with van der Waals surface area (Å²) in [5, 5.41) is 6.75. The highest BCUT2D eigenvalue weighted by Crippen LogP contribution is 2.19. The summed E-state index contributed by atoms with van der Waals surface area (Å²) in [6, 6.07) is 3.45. The average molecular weight is 239 g/mol. The fourth-order valence-electron chi connectivity index (χ4n) is 1.31. The molecule has 0 spiro atoms. The maximum atomic E-state index is 13.0. The van der Waals surface area contributed by atoms with Crippen molar-refractivity contribution >= 4 is 0 Å². The molecule has 0 fully saturated rings. The van der Waals surface area contributed by atoms with Gasteiger partial charge in [-0.3, -0.25) is 0 Å². The topological polar surface area (TPSA) is 51.0 Å². The lowest BCUT2D eigenvalue weighted by Crippen LogP contribution is -2.12. The van der Waals surface area contributed by atoms with Gasteiger partial charge in [0.1, 0.15) is 0 Å². The van der Waals surface area contributed by atoms with Crippen molar-refractivity contribution in [3.8, 4) is 11.5 Å². The van der Waals surface area contributed by atoms with Crippen LogP contribution in [0.4, 0.5) is 8.78 Å². The summed E-state index contributed by atoms with van der Waals surface area (Å²) >= 11 is 0. The van der Waals surface area contributed by atoms with Crippen LogP contribution in [0, 0.1) is 11.6 Å². The van der Waals surface area contributed by atoms with Crippen LogP contribution in [0.2, 0.25) is 0 Å². The maximum Gasteiger partial charge on any atom is 0.258 e. The summed E-state index contributed by atoms with van der Waals surface area (Å²) in [5.41, 5.74) is 0.360. The van der Waals surface area contributed by atoms with Gasteiger partial charge in [0.05, 0.1) is 6.54 Å². The molecule has 4 nitrogen and oxygen atoms in total. The molecule has 0 aliphatic rings. The van der Waals surface area contributed by atoms with Crippen molar-refractivity contribution < 1.29 is 13.3 Å². The van der Waals surface area contributed by atoms with E-state index in [1.165, 1.54) is 6.07 Å². The fraction of sp³-hybridized carbons (Fsp3) is 0.273. The second kappa shape index (κ2) is 5.01. The summed E-state index contributed by atoms with van der Waals surface area (Å²) in [7, 11) is 0. The zero-order valence-electron chi connectivity index (χ0n) is 9.20. The standard InChI is InChI=1S/C11H11F2N3O/c1-2-14-6-10-15-11(17-16-10)7-3-4-8(12)9(13)5-7/h3-5,14H,2,6H2,1H3. The first-order chi connectivity index (χ1) is 8.20. The van der Waals surface area contributed by atoms with Crippen LogP contribution in [0.15, 0.2) is 22.7 Å². The third kappa shape index (κ3) is 2.65. The minimum Gasteiger partial charge on any atom is -0.334 e. The highest BCUT2D eigenvalue weighted by atomic mass is 19.2. The predicted molar refractivity (Wildman–Crippen MR) is 57.0 cm³/mol. The molecular weight excluding hydrogens is 228 g/mol. The van der Waals surface area contributed by atoms with Gasteiger partial charge in [0.15, 0.2) is 17.5 Å². The molecule has 1 aromatic carbocycles. The van der Waals surface area contributed by atoms with Gasteiger partial charge >= 0.3 is 0 Å². The largest absolute Gasteiger partial charge is 0.334 e. The van der Waals surface area contributed by atoms with E-state index in [9.17, 15) is 8.78 Å². The van der Waals surface area contributed by atoms with Gasteiger partial charge in [0, 0.05) is 5.56 Å². The van der Waals surface area contributed by atoms with Crippen LogP contribution >= 0.6 is 0 Å². The molecule has 0 bridgehead atoms. The van der Waals surface area contributed by atoms with Crippen LogP contribution in [-0.4, -0.2) is 16.7 Å². The first-order valence-corrected chi connectivity index (χ1v) is 5.19. The van der Waals surface area contributed by atoms with E-state index in [0.29, 0.717) is 17.9 Å². The summed E-state index contributed by atoms with van der Waals surface area (Å²) < 4.78 is 30.7. The molecule has 0 saturated carbocycles. The molecule has 2 aromatic rings. The van der Waals surface area contributed by atoms with E-state index >= 15 is 0 Å². The minimum absolute atomic E-state index is 0.178. The zero-order chi connectivity index (χ0) is 12.3. The van der Waals surface area contributed by atoms with Crippen LogP contribution in [0.3, 0.4) is 0 Å². The minimum atomic E-state index is -0.936. The Hall–Kier alpha value is -1.82. The van der Waals surface area contributed by atoms with Crippen molar-refractivity contribution in [1.29, 1.82) is 0 Å². The second-order valence-electron chi connectivity index (χ2n) is 3.42. The summed E-state index contributed by atoms with van der Waals surface area (Å²) in [6.07, 6.45) is 0. The number of benzene rings is 1. The monoisotopic (exact) mass is 239 g/mol. The highest BCUT2D eigenvalue weighted by molar-refractivity contribution is 5.52. The van der Waals surface area contributed by atoms with Crippen molar-refractivity contribution in [2.45, 2.75) is 13.5 Å². The van der Waals surface area contributed by atoms with Crippen molar-refractivity contribution in [3.63, 3.8) is 0 Å². The molecule has 6 heteroatoms. The third-order valence-corrected chi connectivity index (χ3v) is 2.17. The van der Waals surface area contributed by atoms with Crippen LogP contribution in [-0.2, 0) is 6.54 Å². The Balaban J connectivity index is 2.21. The molecule has 1 N–H and O–H groups in total. The second-order valence-corrected chi connectivity index (χ2v) is 3.42. The van der Waals surface area contributed by atoms with Gasteiger partial charge in [-0.2, -0.15) is 4.98 Å². The van der Waals surface area contributed by atoms with E-state index in [1.54, 1.807) is 0 Å². The molecule has 0 amide bonds. The molecule has 0 aliphatic heterocycles. The summed E-state index contributed by atoms with van der Waals surface area (Å²) in [5.74, 6) is -1.18. The number of halogens is 2. The quantitative estimate of drug-likeness (QED) is 0.887. The fourth-order valence-corrected chi connectivity index (χ4v) is 1.31. The molecule has 0 atom stereocenters. The Morgan fingerprint density at radius 3 is 2.82 bits per heavy atom. The van der Waals surface area contributed by atoms with Crippen LogP contribution < -0.4 is 5.32 Å². The third-order valence-electron chi connectivity index (χ3n) is 2.17. The lowest BCUT2D eigenvalue weighted by Gasteiger charge is -1.95. The van der Waals surface area contributed by atoms with Crippen molar-refractivity contribution in [3.05, 3.63) is 35.7 Å². The smallest absolute Gasteiger partial charge is 0.258 e. The zero-order valence-corrected chi connectivity index (χ0v) is 9.20. The summed E-state index contributed by atoms with van der Waals surface area (Å²) in [4.78, 5) is 4.06. The Labute approximate surface area is 96.6 Å². The van der Waals surface area contributed by atoms with E-state index in [1.807, 2.05) is 6.92 Å². The van der Waals surface area contributed by atoms with Crippen LogP contribution in [0.25, 0.3) is 11.5 Å². The van der Waals surface area contributed by atoms with E-state index in [-0.39, 0.29) is 5.89 Å². The first-order valence-electron chi connectivity index (χ1n) is 5.19. The molecule has 90 valence electrons. The predicted octanol–water partition coefficient (Wildman–Crippen LogP) is 2.12. The highest BCUT2D eigenvalue weighted by Gasteiger charge is 2.11. The summed E-state index contributed by atoms with van der Waals surface area (Å²) in [6.45, 7) is 3.22. The van der Waals surface area contributed by atoms with Crippen molar-refractivity contribution in [2.24, 2.45) is 0 Å². The molecule has 0 aliphatic carbocycles. The molecule has 0 unspecified atom stereocenters. The van der Waals surface area contributed by atoms with Crippen LogP contribution in [0.5, 0.6) is 0 Å². The number of nitrogens with zero attached hydrogens (tertiary/aromatic N) is 2. The Morgan fingerprint density at radius 1 is 1.29 bits per heavy atom. The molecule has 1 aromatic heterocycles. The Kier molecular flexibility index (Phi) is 3.43. The number of hydrogen-bond donors (Lipinski definition) is 1. The molecule has 0 saturated heterocycles. The first kappa shape index (κ1) is 11.7. The number of hydrogen-bond acceptors (Lipinski definition) is 4. The van der Waals surface area contributed by atoms with Crippen LogP contribution in [0.1, 0.15) is 12.7 Å². The molecular formula is C11H11F2N3O. The van der Waals surface area contributed by atoms with E-state index in [2.05, 4.69) is 15.5 Å². The molecule has 1 heterocycles. The van der Waals surface area contributed by atoms with Crippen molar-refractivity contribution in [1.82, 2.24) is 15.5 Å². The van der Waals surface area contributed by atoms with Gasteiger partial charge in [-0.25, -0.2) is 8.78 Å². The normalized spacial score (nSPS) is 10.8. The van der Waals surface area contributed by atoms with Gasteiger partial charge in [0.2, 0.25) is 0 Å². The Morgan fingerprint density at radius 2 is 2.12 bits per heavy atom. The van der Waals surface area contributed by atoms with Crippen molar-refractivity contribution in [2.75, 3.05) is 6.54 Å². The van der Waals surface area contributed by atoms with E-state index < -0.39 is 11.6 Å². The number of rotatable bonds is 4. The average Bonchev–Trinajstić information content (AvgIpc) is 2.79. The lowest BCUT2D eigenvalue weighted by molar-refractivity contribution is 0.419. The lowest BCUT2D eigenvalue weighted by atomic mass is 10.2. The van der Waals surface area contributed by atoms with Gasteiger partial charge in [-0.1, -0.05) is 12.1 Å². The van der Waals surface area contributed by atoms with E-state index in [4.69, 9.17) is 4.52 Å². The van der Waals surface area contributed by atoms with E-state index in [0.717, 1.165) is 18.7 Å².